The van der Waals surface area contributed by atoms with Crippen LogP contribution in [0.15, 0.2) is 37.9 Å². The number of halogens is 3. The highest BCUT2D eigenvalue weighted by molar-refractivity contribution is 9.11. The maximum Gasteiger partial charge on any atom is 0.115 e. The van der Waals surface area contributed by atoms with Gasteiger partial charge >= 0.3 is 0 Å². The summed E-state index contributed by atoms with van der Waals surface area (Å²) in [6.45, 7) is 0.809. The van der Waals surface area contributed by atoms with Crippen LogP contribution in [-0.4, -0.2) is 12.6 Å². The Hall–Kier alpha value is -0.000000000000000111. The lowest BCUT2D eigenvalue weighted by molar-refractivity contribution is 0.135. The highest BCUT2D eigenvalue weighted by Crippen LogP contribution is 2.34. The Labute approximate surface area is 126 Å². The summed E-state index contributed by atoms with van der Waals surface area (Å²) in [4.78, 5) is 0. The van der Waals surface area contributed by atoms with Gasteiger partial charge < -0.3 is 10.1 Å². The fourth-order valence-electron chi connectivity index (χ4n) is 1.66. The summed E-state index contributed by atoms with van der Waals surface area (Å²) in [7, 11) is 0. The lowest BCUT2D eigenvalue weighted by atomic mass is 10.1. The largest absolute Gasteiger partial charge is 0.497 e. The molecule has 0 amide bonds. The fourth-order valence-corrected chi connectivity index (χ4v) is 4.20. The molecule has 2 nitrogen and oxygen atoms in total. The average molecular weight is 426 g/mol. The lowest BCUT2D eigenvalue weighted by Gasteiger charge is -2.21. The van der Waals surface area contributed by atoms with E-state index in [1.165, 1.54) is 0 Å². The summed E-state index contributed by atoms with van der Waals surface area (Å²) in [5, 5.41) is 3.40. The molecule has 1 unspecified atom stereocenters. The zero-order valence-corrected chi connectivity index (χ0v) is 13.8. The monoisotopic (exact) mass is 423 g/mol. The van der Waals surface area contributed by atoms with E-state index in [4.69, 9.17) is 4.74 Å². The van der Waals surface area contributed by atoms with Gasteiger partial charge in [0.1, 0.15) is 6.10 Å². The smallest absolute Gasteiger partial charge is 0.115 e. The SMILES string of the molecule is Brc1cc(Br)c(NCC2CCC=CO2)c(Br)c1. The molecule has 5 heteroatoms. The van der Waals surface area contributed by atoms with Crippen molar-refractivity contribution in [3.8, 4) is 0 Å². The van der Waals surface area contributed by atoms with E-state index >= 15 is 0 Å². The van der Waals surface area contributed by atoms with Gasteiger partial charge in [0.15, 0.2) is 0 Å². The van der Waals surface area contributed by atoms with Gasteiger partial charge in [0.25, 0.3) is 0 Å². The van der Waals surface area contributed by atoms with Crippen molar-refractivity contribution in [3.63, 3.8) is 0 Å². The Balaban J connectivity index is 2.01. The average Bonchev–Trinajstić information content (AvgIpc) is 2.29. The number of anilines is 1. The Kier molecular flexibility index (Phi) is 4.94. The molecule has 17 heavy (non-hydrogen) atoms. The van der Waals surface area contributed by atoms with Crippen molar-refractivity contribution in [1.29, 1.82) is 0 Å². The molecule has 0 aliphatic carbocycles. The Morgan fingerprint density at radius 1 is 1.24 bits per heavy atom. The second-order valence-corrected chi connectivity index (χ2v) is 6.46. The van der Waals surface area contributed by atoms with Crippen LogP contribution in [0.1, 0.15) is 12.8 Å². The molecule has 0 saturated carbocycles. The van der Waals surface area contributed by atoms with Gasteiger partial charge in [0.2, 0.25) is 0 Å². The van der Waals surface area contributed by atoms with Crippen LogP contribution in [0.3, 0.4) is 0 Å². The van der Waals surface area contributed by atoms with Gasteiger partial charge in [-0.25, -0.2) is 0 Å². The van der Waals surface area contributed by atoms with Crippen LogP contribution in [0.2, 0.25) is 0 Å². The molecule has 0 radical (unpaired) electrons. The number of nitrogens with one attached hydrogen (secondary N) is 1. The second-order valence-electron chi connectivity index (χ2n) is 3.83. The highest BCUT2D eigenvalue weighted by atomic mass is 79.9. The minimum atomic E-state index is 0.252. The van der Waals surface area contributed by atoms with Crippen molar-refractivity contribution < 1.29 is 4.74 Å². The zero-order chi connectivity index (χ0) is 12.3. The van der Waals surface area contributed by atoms with E-state index in [9.17, 15) is 0 Å². The van der Waals surface area contributed by atoms with Crippen LogP contribution in [-0.2, 0) is 4.74 Å². The number of hydrogen-bond acceptors (Lipinski definition) is 2. The van der Waals surface area contributed by atoms with Gasteiger partial charge in [-0.05, 0) is 62.9 Å². The Morgan fingerprint density at radius 3 is 2.53 bits per heavy atom. The topological polar surface area (TPSA) is 21.3 Å². The third-order valence-electron chi connectivity index (χ3n) is 2.54. The molecule has 1 heterocycles. The predicted octanol–water partition coefficient (Wildman–Crippen LogP) is 5.08. The third-order valence-corrected chi connectivity index (χ3v) is 4.24. The van der Waals surface area contributed by atoms with E-state index < -0.39 is 0 Å². The van der Waals surface area contributed by atoms with Crippen molar-refractivity contribution in [3.05, 3.63) is 37.9 Å². The molecule has 1 N–H and O–H groups in total. The van der Waals surface area contributed by atoms with Gasteiger partial charge in [-0.2, -0.15) is 0 Å². The highest BCUT2D eigenvalue weighted by Gasteiger charge is 2.13. The summed E-state index contributed by atoms with van der Waals surface area (Å²) in [5.41, 5.74) is 1.06. The molecule has 0 fully saturated rings. The molecule has 1 atom stereocenters. The van der Waals surface area contributed by atoms with Crippen LogP contribution in [0.5, 0.6) is 0 Å². The molecule has 1 aliphatic heterocycles. The Morgan fingerprint density at radius 2 is 1.94 bits per heavy atom. The first-order valence-corrected chi connectivity index (χ1v) is 7.73. The van der Waals surface area contributed by atoms with Gasteiger partial charge in [-0.3, -0.25) is 0 Å². The van der Waals surface area contributed by atoms with Crippen LogP contribution in [0.25, 0.3) is 0 Å². The minimum Gasteiger partial charge on any atom is -0.497 e. The van der Waals surface area contributed by atoms with Gasteiger partial charge in [0.05, 0.1) is 18.5 Å². The number of rotatable bonds is 3. The van der Waals surface area contributed by atoms with Gasteiger partial charge in [-0.15, -0.1) is 0 Å². The van der Waals surface area contributed by atoms with E-state index in [0.29, 0.717) is 0 Å². The minimum absolute atomic E-state index is 0.252. The van der Waals surface area contributed by atoms with E-state index in [-0.39, 0.29) is 6.10 Å². The summed E-state index contributed by atoms with van der Waals surface area (Å²) >= 11 is 10.5. The molecular formula is C12H12Br3NO. The van der Waals surface area contributed by atoms with Crippen LogP contribution in [0, 0.1) is 0 Å². The van der Waals surface area contributed by atoms with Gasteiger partial charge in [0, 0.05) is 13.4 Å². The second kappa shape index (κ2) is 6.25. The Bertz CT molecular complexity index is 411. The van der Waals surface area contributed by atoms with Crippen molar-refractivity contribution >= 4 is 53.5 Å². The zero-order valence-electron chi connectivity index (χ0n) is 9.05. The fraction of sp³-hybridized carbons (Fsp3) is 0.333. The van der Waals surface area contributed by atoms with E-state index in [0.717, 1.165) is 38.5 Å². The maximum atomic E-state index is 5.52. The van der Waals surface area contributed by atoms with Crippen LogP contribution < -0.4 is 5.32 Å². The van der Waals surface area contributed by atoms with Crippen LogP contribution in [0.4, 0.5) is 5.69 Å². The standard InChI is InChI=1S/C12H12Br3NO/c13-8-5-10(14)12(11(15)6-8)16-7-9-3-1-2-4-17-9/h2,4-6,9,16H,1,3,7H2. The van der Waals surface area contributed by atoms with Gasteiger partial charge in [-0.1, -0.05) is 15.9 Å². The number of ether oxygens (including phenoxy) is 1. The molecule has 1 aliphatic rings. The molecule has 92 valence electrons. The van der Waals surface area contributed by atoms with Crippen molar-refractivity contribution in [2.45, 2.75) is 18.9 Å². The molecule has 0 aromatic heterocycles. The molecule has 0 spiro atoms. The molecule has 1 aromatic carbocycles. The summed E-state index contributed by atoms with van der Waals surface area (Å²) in [5.74, 6) is 0. The summed E-state index contributed by atoms with van der Waals surface area (Å²) < 4.78 is 8.63. The van der Waals surface area contributed by atoms with Crippen LogP contribution >= 0.6 is 47.8 Å². The van der Waals surface area contributed by atoms with E-state index in [1.807, 2.05) is 12.1 Å². The van der Waals surface area contributed by atoms with Crippen molar-refractivity contribution in [1.82, 2.24) is 0 Å². The maximum absolute atomic E-state index is 5.52. The third kappa shape index (κ3) is 3.73. The van der Waals surface area contributed by atoms with Crippen molar-refractivity contribution in [2.75, 3.05) is 11.9 Å². The molecule has 0 saturated heterocycles. The lowest BCUT2D eigenvalue weighted by Crippen LogP contribution is -2.23. The first-order valence-electron chi connectivity index (χ1n) is 5.35. The quantitative estimate of drug-likeness (QED) is 0.729. The molecule has 2 rings (SSSR count). The number of hydrogen-bond donors (Lipinski definition) is 1. The van der Waals surface area contributed by atoms with E-state index in [2.05, 4.69) is 59.2 Å². The summed E-state index contributed by atoms with van der Waals surface area (Å²) in [6, 6.07) is 4.05. The van der Waals surface area contributed by atoms with Crippen molar-refractivity contribution in [2.24, 2.45) is 0 Å². The molecular weight excluding hydrogens is 414 g/mol. The predicted molar refractivity (Wildman–Crippen MR) is 81.3 cm³/mol. The first-order chi connectivity index (χ1) is 8.16. The summed E-state index contributed by atoms with van der Waals surface area (Å²) in [6.07, 6.45) is 6.26. The normalized spacial score (nSPS) is 18.9. The number of benzene rings is 1. The first kappa shape index (κ1) is 13.4. The molecule has 1 aromatic rings. The number of allylic oxidation sites excluding steroid dienone is 1. The molecule has 0 bridgehead atoms. The van der Waals surface area contributed by atoms with E-state index in [1.54, 1.807) is 6.26 Å².